The Labute approximate surface area is 92.3 Å². The second kappa shape index (κ2) is 4.47. The maximum Gasteiger partial charge on any atom is 0.374 e. The van der Waals surface area contributed by atoms with Gasteiger partial charge in [0.05, 0.1) is 0 Å². The van der Waals surface area contributed by atoms with Crippen molar-refractivity contribution in [3.8, 4) is 0 Å². The smallest absolute Gasteiger partial charge is 0.374 e. The number of carboxylic acid groups (broad SMARTS) is 1. The molecule has 1 aromatic rings. The second-order valence-corrected chi connectivity index (χ2v) is 3.75. The van der Waals surface area contributed by atoms with Crippen LogP contribution in [0.25, 0.3) is 0 Å². The molecule has 0 spiro atoms. The van der Waals surface area contributed by atoms with Crippen LogP contribution < -0.4 is 4.90 Å². The van der Waals surface area contributed by atoms with E-state index in [2.05, 4.69) is 0 Å². The van der Waals surface area contributed by atoms with Gasteiger partial charge in [-0.1, -0.05) is 12.1 Å². The molecule has 0 radical (unpaired) electrons. The molecule has 0 amide bonds. The molecule has 0 atom stereocenters. The molecule has 1 rings (SSSR count). The molecule has 1 N–H and O–H groups in total. The van der Waals surface area contributed by atoms with Crippen LogP contribution >= 0.6 is 0 Å². The molecule has 0 fully saturated rings. The summed E-state index contributed by atoms with van der Waals surface area (Å²) in [7, 11) is 3.67. The van der Waals surface area contributed by atoms with E-state index in [1.165, 1.54) is 12.1 Å². The summed E-state index contributed by atoms with van der Waals surface area (Å²) in [4.78, 5) is 12.1. The van der Waals surface area contributed by atoms with Crippen molar-refractivity contribution < 1.29 is 18.7 Å². The number of benzene rings is 1. The van der Waals surface area contributed by atoms with Gasteiger partial charge in [0.2, 0.25) is 0 Å². The molecule has 0 saturated heterocycles. The van der Waals surface area contributed by atoms with Gasteiger partial charge in [0.15, 0.2) is 0 Å². The summed E-state index contributed by atoms with van der Waals surface area (Å²) in [6.07, 6.45) is -0.782. The monoisotopic (exact) mass is 229 g/mol. The lowest BCUT2D eigenvalue weighted by Crippen LogP contribution is -2.30. The van der Waals surface area contributed by atoms with Crippen LogP contribution in [0.5, 0.6) is 0 Å². The Balaban J connectivity index is 2.80. The fraction of sp³-hybridized carbons (Fsp3) is 0.364. The third-order valence-corrected chi connectivity index (χ3v) is 2.19. The Bertz CT molecular complexity index is 374. The predicted molar refractivity (Wildman–Crippen MR) is 57.1 cm³/mol. The molecule has 0 aliphatic rings. The standard InChI is InChI=1S/C11H13F2NO2/c1-14(2)9-5-3-8(4-6-9)7-11(12,13)10(15)16/h3-6H,7H2,1-2H3,(H,15,16). The third-order valence-electron chi connectivity index (χ3n) is 2.19. The molecule has 0 unspecified atom stereocenters. The van der Waals surface area contributed by atoms with Crippen molar-refractivity contribution in [2.45, 2.75) is 12.3 Å². The number of hydrogen-bond donors (Lipinski definition) is 1. The maximum absolute atomic E-state index is 12.9. The van der Waals surface area contributed by atoms with E-state index < -0.39 is 18.3 Å². The Morgan fingerprint density at radius 2 is 1.81 bits per heavy atom. The minimum Gasteiger partial charge on any atom is -0.477 e. The van der Waals surface area contributed by atoms with Gasteiger partial charge >= 0.3 is 11.9 Å². The van der Waals surface area contributed by atoms with Crippen LogP contribution in [0.1, 0.15) is 5.56 Å². The van der Waals surface area contributed by atoms with Gasteiger partial charge in [-0.25, -0.2) is 4.79 Å². The van der Waals surface area contributed by atoms with Gasteiger partial charge in [-0.2, -0.15) is 8.78 Å². The van der Waals surface area contributed by atoms with Crippen LogP contribution in [-0.4, -0.2) is 31.1 Å². The average molecular weight is 229 g/mol. The number of alkyl halides is 2. The highest BCUT2D eigenvalue weighted by molar-refractivity contribution is 5.75. The first-order valence-electron chi connectivity index (χ1n) is 4.70. The fourth-order valence-electron chi connectivity index (χ4n) is 1.24. The largest absolute Gasteiger partial charge is 0.477 e. The van der Waals surface area contributed by atoms with Crippen LogP contribution in [0.4, 0.5) is 14.5 Å². The maximum atomic E-state index is 12.9. The zero-order valence-electron chi connectivity index (χ0n) is 9.08. The Hall–Kier alpha value is -1.65. The lowest BCUT2D eigenvalue weighted by molar-refractivity contribution is -0.164. The molecule has 88 valence electrons. The molecule has 3 nitrogen and oxygen atoms in total. The van der Waals surface area contributed by atoms with Crippen LogP contribution in [0.2, 0.25) is 0 Å². The van der Waals surface area contributed by atoms with Gasteiger partial charge < -0.3 is 10.0 Å². The first-order chi connectivity index (χ1) is 7.33. The van der Waals surface area contributed by atoms with Crippen molar-refractivity contribution in [1.29, 1.82) is 0 Å². The normalized spacial score (nSPS) is 11.2. The van der Waals surface area contributed by atoms with E-state index in [4.69, 9.17) is 5.11 Å². The number of nitrogens with zero attached hydrogens (tertiary/aromatic N) is 1. The molecule has 0 aliphatic heterocycles. The fourth-order valence-corrected chi connectivity index (χ4v) is 1.24. The number of carboxylic acids is 1. The summed E-state index contributed by atoms with van der Waals surface area (Å²) in [6.45, 7) is 0. The van der Waals surface area contributed by atoms with Gasteiger partial charge in [-0.15, -0.1) is 0 Å². The van der Waals surface area contributed by atoms with E-state index in [1.807, 2.05) is 19.0 Å². The van der Waals surface area contributed by atoms with E-state index >= 15 is 0 Å². The van der Waals surface area contributed by atoms with E-state index in [-0.39, 0.29) is 0 Å². The SMILES string of the molecule is CN(C)c1ccc(CC(F)(F)C(=O)O)cc1. The van der Waals surface area contributed by atoms with Crippen molar-refractivity contribution in [3.05, 3.63) is 29.8 Å². The van der Waals surface area contributed by atoms with Gasteiger partial charge in [-0.05, 0) is 17.7 Å². The Kier molecular flexibility index (Phi) is 3.47. The highest BCUT2D eigenvalue weighted by Gasteiger charge is 2.38. The molecule has 0 heterocycles. The zero-order chi connectivity index (χ0) is 12.3. The summed E-state index contributed by atoms with van der Waals surface area (Å²) in [5.41, 5.74) is 1.18. The second-order valence-electron chi connectivity index (χ2n) is 3.75. The van der Waals surface area contributed by atoms with Crippen molar-refractivity contribution in [2.75, 3.05) is 19.0 Å². The molecular formula is C11H13F2NO2. The molecule has 1 aromatic carbocycles. The minimum absolute atomic E-state index is 0.304. The summed E-state index contributed by atoms with van der Waals surface area (Å²) in [5.74, 6) is -5.80. The minimum atomic E-state index is -3.71. The molecule has 0 saturated carbocycles. The molecule has 0 aliphatic carbocycles. The number of anilines is 1. The van der Waals surface area contributed by atoms with Gasteiger partial charge in [0, 0.05) is 26.2 Å². The summed E-state index contributed by atoms with van der Waals surface area (Å²) in [5, 5.41) is 8.29. The first kappa shape index (κ1) is 12.4. The van der Waals surface area contributed by atoms with Gasteiger partial charge in [0.25, 0.3) is 0 Å². The lowest BCUT2D eigenvalue weighted by atomic mass is 10.1. The van der Waals surface area contributed by atoms with E-state index in [1.54, 1.807) is 12.1 Å². The third kappa shape index (κ3) is 2.92. The molecule has 0 bridgehead atoms. The van der Waals surface area contributed by atoms with Gasteiger partial charge in [-0.3, -0.25) is 0 Å². The topological polar surface area (TPSA) is 40.5 Å². The lowest BCUT2D eigenvalue weighted by Gasteiger charge is -2.14. The van der Waals surface area contributed by atoms with E-state index in [0.29, 0.717) is 5.56 Å². The van der Waals surface area contributed by atoms with Crippen LogP contribution in [0.15, 0.2) is 24.3 Å². The number of rotatable bonds is 4. The quantitative estimate of drug-likeness (QED) is 0.858. The molecule has 0 aromatic heterocycles. The van der Waals surface area contributed by atoms with Crippen molar-refractivity contribution in [2.24, 2.45) is 0 Å². The van der Waals surface area contributed by atoms with E-state index in [9.17, 15) is 13.6 Å². The summed E-state index contributed by atoms with van der Waals surface area (Å²) < 4.78 is 25.8. The Morgan fingerprint density at radius 1 is 1.31 bits per heavy atom. The number of aliphatic carboxylic acids is 1. The number of hydrogen-bond acceptors (Lipinski definition) is 2. The molecule has 16 heavy (non-hydrogen) atoms. The zero-order valence-corrected chi connectivity index (χ0v) is 9.08. The van der Waals surface area contributed by atoms with Crippen molar-refractivity contribution in [3.63, 3.8) is 0 Å². The van der Waals surface area contributed by atoms with Crippen LogP contribution in [0, 0.1) is 0 Å². The van der Waals surface area contributed by atoms with Crippen LogP contribution in [0.3, 0.4) is 0 Å². The predicted octanol–water partition coefficient (Wildman–Crippen LogP) is 2.01. The number of halogens is 2. The van der Waals surface area contributed by atoms with Crippen molar-refractivity contribution >= 4 is 11.7 Å². The molecular weight excluding hydrogens is 216 g/mol. The first-order valence-corrected chi connectivity index (χ1v) is 4.70. The highest BCUT2D eigenvalue weighted by Crippen LogP contribution is 2.22. The highest BCUT2D eigenvalue weighted by atomic mass is 19.3. The van der Waals surface area contributed by atoms with Gasteiger partial charge in [0.1, 0.15) is 0 Å². The van der Waals surface area contributed by atoms with Crippen molar-refractivity contribution in [1.82, 2.24) is 0 Å². The van der Waals surface area contributed by atoms with Crippen LogP contribution in [-0.2, 0) is 11.2 Å². The summed E-state index contributed by atoms with van der Waals surface area (Å²) in [6, 6.07) is 6.36. The Morgan fingerprint density at radius 3 is 2.19 bits per heavy atom. The van der Waals surface area contributed by atoms with E-state index in [0.717, 1.165) is 5.69 Å². The number of carbonyl (C=O) groups is 1. The molecule has 5 heteroatoms. The summed E-state index contributed by atoms with van der Waals surface area (Å²) >= 11 is 0. The average Bonchev–Trinajstić information content (AvgIpc) is 2.17.